The lowest BCUT2D eigenvalue weighted by atomic mass is 9.93. The van der Waals surface area contributed by atoms with E-state index in [2.05, 4.69) is 53.5 Å². The number of rotatable bonds is 6. The van der Waals surface area contributed by atoms with Crippen molar-refractivity contribution in [3.63, 3.8) is 0 Å². The number of hydrogen-bond acceptors (Lipinski definition) is 3. The van der Waals surface area contributed by atoms with Crippen LogP contribution in [-0.4, -0.2) is 23.9 Å². The number of nitrogens with zero attached hydrogens (tertiary/aromatic N) is 1. The van der Waals surface area contributed by atoms with Crippen LogP contribution in [-0.2, 0) is 19.4 Å². The summed E-state index contributed by atoms with van der Waals surface area (Å²) in [6.07, 6.45) is 8.43. The van der Waals surface area contributed by atoms with Gasteiger partial charge in [-0.15, -0.1) is 0 Å². The zero-order valence-corrected chi connectivity index (χ0v) is 17.5. The standard InChI is InChI=1S/C25H31N3O/c1-3-18-13-21-16-28(22-6-4-5-7-22)25(29)23(21)14-20(18)12-17-8-10-19(11-9-17)24(26)15-27-2/h8-11,13-15,22,27H,3-7,12,16,26H2,1-2H3/b24-15-. The summed E-state index contributed by atoms with van der Waals surface area (Å²) in [4.78, 5) is 15.2. The molecule has 4 heteroatoms. The molecule has 1 saturated carbocycles. The van der Waals surface area contributed by atoms with Gasteiger partial charge in [-0.05, 0) is 59.6 Å². The maximum Gasteiger partial charge on any atom is 0.254 e. The lowest BCUT2D eigenvalue weighted by molar-refractivity contribution is 0.0707. The molecule has 1 aliphatic heterocycles. The van der Waals surface area contributed by atoms with Gasteiger partial charge in [0.1, 0.15) is 0 Å². The Bertz CT molecular complexity index is 924. The van der Waals surface area contributed by atoms with E-state index >= 15 is 0 Å². The fourth-order valence-corrected chi connectivity index (χ4v) is 4.76. The molecule has 2 aliphatic rings. The van der Waals surface area contributed by atoms with Gasteiger partial charge in [-0.3, -0.25) is 4.79 Å². The van der Waals surface area contributed by atoms with E-state index in [9.17, 15) is 4.79 Å². The quantitative estimate of drug-likeness (QED) is 0.778. The van der Waals surface area contributed by atoms with Crippen LogP contribution in [0, 0.1) is 0 Å². The average Bonchev–Trinajstić information content (AvgIpc) is 3.36. The van der Waals surface area contributed by atoms with Crippen molar-refractivity contribution >= 4 is 11.6 Å². The molecule has 0 spiro atoms. The second-order valence-electron chi connectivity index (χ2n) is 8.27. The summed E-state index contributed by atoms with van der Waals surface area (Å²) in [5.74, 6) is 0.233. The van der Waals surface area contributed by atoms with E-state index in [4.69, 9.17) is 5.73 Å². The Kier molecular flexibility index (Phi) is 5.61. The summed E-state index contributed by atoms with van der Waals surface area (Å²) < 4.78 is 0. The Hall–Kier alpha value is -2.75. The maximum absolute atomic E-state index is 13.1. The molecule has 4 nitrogen and oxygen atoms in total. The van der Waals surface area contributed by atoms with Crippen LogP contribution in [0.25, 0.3) is 5.70 Å². The van der Waals surface area contributed by atoms with Gasteiger partial charge >= 0.3 is 0 Å². The molecule has 0 radical (unpaired) electrons. The summed E-state index contributed by atoms with van der Waals surface area (Å²) in [5, 5.41) is 2.96. The highest BCUT2D eigenvalue weighted by Gasteiger charge is 2.34. The first-order valence-electron chi connectivity index (χ1n) is 10.8. The largest absolute Gasteiger partial charge is 0.397 e. The van der Waals surface area contributed by atoms with Gasteiger partial charge in [-0.25, -0.2) is 0 Å². The van der Waals surface area contributed by atoms with Crippen LogP contribution in [0.3, 0.4) is 0 Å². The molecule has 0 bridgehead atoms. The zero-order chi connectivity index (χ0) is 20.4. The van der Waals surface area contributed by atoms with Gasteiger partial charge in [0.2, 0.25) is 0 Å². The number of nitrogens with two attached hydrogens (primary N) is 1. The van der Waals surface area contributed by atoms with Crippen LogP contribution >= 0.6 is 0 Å². The lowest BCUT2D eigenvalue weighted by Crippen LogP contribution is -2.33. The minimum absolute atomic E-state index is 0.233. The highest BCUT2D eigenvalue weighted by molar-refractivity contribution is 5.99. The highest BCUT2D eigenvalue weighted by Crippen LogP contribution is 2.33. The van der Waals surface area contributed by atoms with Crippen LogP contribution in [0.4, 0.5) is 0 Å². The van der Waals surface area contributed by atoms with E-state index in [0.29, 0.717) is 6.04 Å². The molecule has 2 aromatic rings. The smallest absolute Gasteiger partial charge is 0.254 e. The molecule has 152 valence electrons. The molecule has 1 fully saturated rings. The second kappa shape index (κ2) is 8.32. The lowest BCUT2D eigenvalue weighted by Gasteiger charge is -2.23. The van der Waals surface area contributed by atoms with Crippen molar-refractivity contribution in [3.8, 4) is 0 Å². The number of fused-ring (bicyclic) bond motifs is 1. The predicted octanol–water partition coefficient (Wildman–Crippen LogP) is 4.21. The van der Waals surface area contributed by atoms with Crippen LogP contribution in [0.5, 0.6) is 0 Å². The molecule has 1 aliphatic carbocycles. The summed E-state index contributed by atoms with van der Waals surface area (Å²) in [6.45, 7) is 2.99. The number of aryl methyl sites for hydroxylation is 1. The molecule has 0 atom stereocenters. The number of nitrogens with one attached hydrogen (secondary N) is 1. The van der Waals surface area contributed by atoms with Crippen molar-refractivity contribution in [2.24, 2.45) is 5.73 Å². The van der Waals surface area contributed by atoms with Crippen LogP contribution in [0.2, 0.25) is 0 Å². The van der Waals surface area contributed by atoms with Crippen molar-refractivity contribution in [2.75, 3.05) is 7.05 Å². The first-order chi connectivity index (χ1) is 14.1. The summed E-state index contributed by atoms with van der Waals surface area (Å²) in [7, 11) is 1.84. The van der Waals surface area contributed by atoms with Gasteiger partial charge in [-0.1, -0.05) is 50.1 Å². The van der Waals surface area contributed by atoms with Crippen molar-refractivity contribution in [2.45, 2.75) is 58.0 Å². The van der Waals surface area contributed by atoms with E-state index < -0.39 is 0 Å². The third kappa shape index (κ3) is 3.89. The van der Waals surface area contributed by atoms with Crippen LogP contribution in [0.15, 0.2) is 42.6 Å². The fourth-order valence-electron chi connectivity index (χ4n) is 4.76. The van der Waals surface area contributed by atoms with Gasteiger partial charge < -0.3 is 16.0 Å². The molecule has 3 N–H and O–H groups in total. The van der Waals surface area contributed by atoms with Crippen molar-refractivity contribution in [1.82, 2.24) is 10.2 Å². The van der Waals surface area contributed by atoms with E-state index in [-0.39, 0.29) is 5.91 Å². The SMILES string of the molecule is CCc1cc2c(cc1Cc1ccc(/C(N)=C/NC)cc1)C(=O)N(C1CCCC1)C2. The number of amides is 1. The van der Waals surface area contributed by atoms with Crippen LogP contribution < -0.4 is 11.1 Å². The van der Waals surface area contributed by atoms with Crippen molar-refractivity contribution in [3.05, 3.63) is 76.0 Å². The van der Waals surface area contributed by atoms with Gasteiger partial charge in [0.15, 0.2) is 0 Å². The van der Waals surface area contributed by atoms with Gasteiger partial charge in [-0.2, -0.15) is 0 Å². The number of carbonyl (C=O) groups is 1. The summed E-state index contributed by atoms with van der Waals surface area (Å²) in [5.41, 5.74) is 13.8. The number of hydrogen-bond donors (Lipinski definition) is 2. The fraction of sp³-hybridized carbons (Fsp3) is 0.400. The maximum atomic E-state index is 13.1. The topological polar surface area (TPSA) is 58.4 Å². The molecule has 29 heavy (non-hydrogen) atoms. The Morgan fingerprint density at radius 3 is 2.55 bits per heavy atom. The zero-order valence-electron chi connectivity index (χ0n) is 17.5. The Morgan fingerprint density at radius 2 is 1.90 bits per heavy atom. The highest BCUT2D eigenvalue weighted by atomic mass is 16.2. The van der Waals surface area contributed by atoms with E-state index in [1.807, 2.05) is 7.05 Å². The Labute approximate surface area is 173 Å². The van der Waals surface area contributed by atoms with E-state index in [1.165, 1.54) is 35.1 Å². The number of benzene rings is 2. The molecule has 2 aromatic carbocycles. The molecule has 1 heterocycles. The van der Waals surface area contributed by atoms with Gasteiger partial charge in [0, 0.05) is 31.4 Å². The number of carbonyl (C=O) groups excluding carboxylic acids is 1. The molecule has 1 amide bonds. The van der Waals surface area contributed by atoms with Gasteiger partial charge in [0.25, 0.3) is 5.91 Å². The summed E-state index contributed by atoms with van der Waals surface area (Å²) in [6, 6.07) is 13.3. The molecular weight excluding hydrogens is 358 g/mol. The first-order valence-corrected chi connectivity index (χ1v) is 10.8. The van der Waals surface area contributed by atoms with E-state index in [0.717, 1.165) is 49.1 Å². The van der Waals surface area contributed by atoms with Gasteiger partial charge in [0.05, 0.1) is 5.70 Å². The summed E-state index contributed by atoms with van der Waals surface area (Å²) >= 11 is 0. The first kappa shape index (κ1) is 19.6. The predicted molar refractivity (Wildman–Crippen MR) is 118 cm³/mol. The van der Waals surface area contributed by atoms with Crippen molar-refractivity contribution < 1.29 is 4.79 Å². The third-order valence-corrected chi connectivity index (χ3v) is 6.39. The molecular formula is C25H31N3O. The Morgan fingerprint density at radius 1 is 1.17 bits per heavy atom. The van der Waals surface area contributed by atoms with Crippen molar-refractivity contribution in [1.29, 1.82) is 0 Å². The molecule has 4 rings (SSSR count). The monoisotopic (exact) mass is 389 g/mol. The third-order valence-electron chi connectivity index (χ3n) is 6.39. The molecule has 0 saturated heterocycles. The normalized spacial score (nSPS) is 17.1. The second-order valence-corrected chi connectivity index (χ2v) is 8.27. The Balaban J connectivity index is 1.57. The van der Waals surface area contributed by atoms with Crippen LogP contribution in [0.1, 0.15) is 70.8 Å². The minimum atomic E-state index is 0.233. The average molecular weight is 390 g/mol. The van der Waals surface area contributed by atoms with E-state index in [1.54, 1.807) is 6.20 Å². The minimum Gasteiger partial charge on any atom is -0.397 e. The molecule has 0 aromatic heterocycles. The molecule has 0 unspecified atom stereocenters.